The number of primary amides is 1. The fourth-order valence-electron chi connectivity index (χ4n) is 2.43. The van der Waals surface area contributed by atoms with Crippen LogP contribution in [0.15, 0.2) is 53.4 Å². The number of halogens is 3. The van der Waals surface area contributed by atoms with Gasteiger partial charge in [-0.2, -0.15) is 13.2 Å². The molecule has 0 bridgehead atoms. The predicted octanol–water partition coefficient (Wildman–Crippen LogP) is 2.51. The Kier molecular flexibility index (Phi) is 7.05. The highest BCUT2D eigenvalue weighted by molar-refractivity contribution is 7.89. The van der Waals surface area contributed by atoms with E-state index in [2.05, 4.69) is 10.0 Å². The van der Waals surface area contributed by atoms with Gasteiger partial charge in [-0.3, -0.25) is 4.79 Å². The highest BCUT2D eigenvalue weighted by Gasteiger charge is 2.28. The number of nitrogens with one attached hydrogen (secondary N) is 3. The molecular weight excluding hydrogens is 425 g/mol. The van der Waals surface area contributed by atoms with E-state index in [9.17, 15) is 31.2 Å². The quantitative estimate of drug-likeness (QED) is 0.523. The largest absolute Gasteiger partial charge is 0.405 e. The topological polar surface area (TPSA) is 130 Å². The van der Waals surface area contributed by atoms with Crippen LogP contribution in [0.3, 0.4) is 0 Å². The number of alkyl halides is 3. The molecule has 12 heteroatoms. The van der Waals surface area contributed by atoms with Crippen molar-refractivity contribution >= 4 is 27.6 Å². The molecular formula is C18H19F3N4O4S. The molecule has 0 spiro atoms. The third-order valence-electron chi connectivity index (χ3n) is 3.89. The molecule has 1 atom stereocenters. The van der Waals surface area contributed by atoms with Crippen LogP contribution in [0.1, 0.15) is 28.9 Å². The maximum atomic E-state index is 12.5. The number of urea groups is 1. The van der Waals surface area contributed by atoms with Crippen LogP contribution in [-0.2, 0) is 10.0 Å². The number of anilines is 1. The molecule has 5 N–H and O–H groups in total. The molecule has 0 heterocycles. The van der Waals surface area contributed by atoms with Gasteiger partial charge in [0.2, 0.25) is 10.0 Å². The van der Waals surface area contributed by atoms with Crippen molar-refractivity contribution < 1.29 is 31.2 Å². The van der Waals surface area contributed by atoms with Crippen molar-refractivity contribution in [2.24, 2.45) is 5.73 Å². The minimum Gasteiger partial charge on any atom is -0.351 e. The maximum absolute atomic E-state index is 12.5. The zero-order chi connectivity index (χ0) is 22.5. The van der Waals surface area contributed by atoms with Gasteiger partial charge in [0.15, 0.2) is 0 Å². The lowest BCUT2D eigenvalue weighted by atomic mass is 10.1. The third kappa shape index (κ3) is 6.74. The van der Waals surface area contributed by atoms with Crippen molar-refractivity contribution in [3.8, 4) is 0 Å². The molecule has 0 saturated heterocycles. The Morgan fingerprint density at radius 2 is 1.60 bits per heavy atom. The number of nitrogens with two attached hydrogens (primary N) is 1. The van der Waals surface area contributed by atoms with Gasteiger partial charge in [0, 0.05) is 17.3 Å². The summed E-state index contributed by atoms with van der Waals surface area (Å²) in [7, 11) is -3.97. The zero-order valence-electron chi connectivity index (χ0n) is 15.7. The van der Waals surface area contributed by atoms with Gasteiger partial charge in [-0.05, 0) is 48.9 Å². The van der Waals surface area contributed by atoms with Gasteiger partial charge in [0.1, 0.15) is 6.54 Å². The Hall–Kier alpha value is -3.12. The second kappa shape index (κ2) is 9.13. The van der Waals surface area contributed by atoms with E-state index in [1.54, 1.807) is 36.5 Å². The number of benzene rings is 2. The standard InChI is InChI=1S/C18H19F3N4O4S/c1-11(12-2-6-14(7-3-12)24-17(22)27)25-30(28,29)15-8-4-13(5-9-15)16(26)23-10-18(19,20)21/h2-9,11,25H,10H2,1H3,(H,23,26)(H3,22,24,27)/t11-/m0/s1. The summed E-state index contributed by atoms with van der Waals surface area (Å²) in [6, 6.07) is 9.44. The second-order valence-corrected chi connectivity index (χ2v) is 7.99. The molecule has 2 aromatic carbocycles. The Balaban J connectivity index is 2.06. The second-order valence-electron chi connectivity index (χ2n) is 6.28. The molecule has 0 saturated carbocycles. The summed E-state index contributed by atoms with van der Waals surface area (Å²) >= 11 is 0. The van der Waals surface area contributed by atoms with Crippen molar-refractivity contribution in [1.29, 1.82) is 0 Å². The zero-order valence-corrected chi connectivity index (χ0v) is 16.5. The minimum absolute atomic E-state index is 0.108. The lowest BCUT2D eigenvalue weighted by molar-refractivity contribution is -0.123. The number of carbonyl (C=O) groups is 2. The molecule has 162 valence electrons. The van der Waals surface area contributed by atoms with E-state index in [4.69, 9.17) is 5.73 Å². The molecule has 0 unspecified atom stereocenters. The van der Waals surface area contributed by atoms with Gasteiger partial charge in [0.25, 0.3) is 5.91 Å². The molecule has 0 aromatic heterocycles. The van der Waals surface area contributed by atoms with Crippen LogP contribution in [0.2, 0.25) is 0 Å². The summed E-state index contributed by atoms with van der Waals surface area (Å²) < 4.78 is 64.0. The number of amides is 3. The summed E-state index contributed by atoms with van der Waals surface area (Å²) in [5.74, 6) is -0.970. The third-order valence-corrected chi connectivity index (χ3v) is 5.44. The average Bonchev–Trinajstić information content (AvgIpc) is 2.65. The molecule has 0 radical (unpaired) electrons. The van der Waals surface area contributed by atoms with Gasteiger partial charge >= 0.3 is 12.2 Å². The van der Waals surface area contributed by atoms with Crippen molar-refractivity contribution in [3.05, 3.63) is 59.7 Å². The first-order valence-corrected chi connectivity index (χ1v) is 9.99. The normalized spacial score (nSPS) is 12.8. The monoisotopic (exact) mass is 444 g/mol. The van der Waals surface area contributed by atoms with Crippen LogP contribution in [0.4, 0.5) is 23.7 Å². The molecule has 0 fully saturated rings. The number of hydrogen-bond acceptors (Lipinski definition) is 4. The summed E-state index contributed by atoms with van der Waals surface area (Å²) in [5.41, 5.74) is 5.96. The minimum atomic E-state index is -4.55. The molecule has 3 amide bonds. The van der Waals surface area contributed by atoms with Crippen LogP contribution >= 0.6 is 0 Å². The summed E-state index contributed by atoms with van der Waals surface area (Å²) in [4.78, 5) is 22.4. The Bertz CT molecular complexity index is 1010. The van der Waals surface area contributed by atoms with Gasteiger partial charge in [-0.15, -0.1) is 0 Å². The van der Waals surface area contributed by atoms with Crippen molar-refractivity contribution in [3.63, 3.8) is 0 Å². The number of carbonyl (C=O) groups excluding carboxylic acids is 2. The van der Waals surface area contributed by atoms with E-state index in [0.717, 1.165) is 24.3 Å². The van der Waals surface area contributed by atoms with Crippen LogP contribution in [0.25, 0.3) is 0 Å². The molecule has 2 aromatic rings. The van der Waals surface area contributed by atoms with E-state index in [1.807, 2.05) is 0 Å². The van der Waals surface area contributed by atoms with E-state index < -0.39 is 40.7 Å². The Labute approximate surface area is 170 Å². The maximum Gasteiger partial charge on any atom is 0.405 e. The van der Waals surface area contributed by atoms with Gasteiger partial charge in [-0.1, -0.05) is 12.1 Å². The predicted molar refractivity (Wildman–Crippen MR) is 103 cm³/mol. The SMILES string of the molecule is C[C@H](NS(=O)(=O)c1ccc(C(=O)NCC(F)(F)F)cc1)c1ccc(NC(N)=O)cc1. The number of rotatable bonds is 7. The van der Waals surface area contributed by atoms with E-state index in [1.165, 1.54) is 0 Å². The fourth-order valence-corrected chi connectivity index (χ4v) is 3.67. The van der Waals surface area contributed by atoms with E-state index >= 15 is 0 Å². The van der Waals surface area contributed by atoms with Crippen molar-refractivity contribution in [2.75, 3.05) is 11.9 Å². The number of hydrogen-bond donors (Lipinski definition) is 4. The van der Waals surface area contributed by atoms with Gasteiger partial charge in [0.05, 0.1) is 4.90 Å². The van der Waals surface area contributed by atoms with Gasteiger partial charge in [-0.25, -0.2) is 17.9 Å². The summed E-state index contributed by atoms with van der Waals surface area (Å²) in [6.07, 6.45) is -4.55. The lowest BCUT2D eigenvalue weighted by Gasteiger charge is -2.15. The highest BCUT2D eigenvalue weighted by Crippen LogP contribution is 2.20. The molecule has 8 nitrogen and oxygen atoms in total. The first-order chi connectivity index (χ1) is 13.9. The first kappa shape index (κ1) is 23.2. The molecule has 0 aliphatic heterocycles. The molecule has 30 heavy (non-hydrogen) atoms. The Morgan fingerprint density at radius 3 is 2.10 bits per heavy atom. The van der Waals surface area contributed by atoms with Crippen LogP contribution < -0.4 is 21.1 Å². The van der Waals surface area contributed by atoms with Crippen molar-refractivity contribution in [2.45, 2.75) is 24.0 Å². The van der Waals surface area contributed by atoms with Crippen LogP contribution in [-0.4, -0.2) is 33.1 Å². The van der Waals surface area contributed by atoms with Gasteiger partial charge < -0.3 is 16.4 Å². The molecule has 0 aliphatic carbocycles. The van der Waals surface area contributed by atoms with E-state index in [0.29, 0.717) is 11.3 Å². The van der Waals surface area contributed by atoms with Crippen LogP contribution in [0, 0.1) is 0 Å². The molecule has 0 aliphatic rings. The average molecular weight is 444 g/mol. The Morgan fingerprint density at radius 1 is 1.03 bits per heavy atom. The van der Waals surface area contributed by atoms with Crippen molar-refractivity contribution in [1.82, 2.24) is 10.0 Å². The lowest BCUT2D eigenvalue weighted by Crippen LogP contribution is -2.33. The number of sulfonamides is 1. The van der Waals surface area contributed by atoms with E-state index in [-0.39, 0.29) is 10.5 Å². The smallest absolute Gasteiger partial charge is 0.351 e. The molecule has 2 rings (SSSR count). The fraction of sp³-hybridized carbons (Fsp3) is 0.222. The first-order valence-electron chi connectivity index (χ1n) is 8.51. The summed E-state index contributed by atoms with van der Waals surface area (Å²) in [5, 5.41) is 4.09. The highest BCUT2D eigenvalue weighted by atomic mass is 32.2. The van der Waals surface area contributed by atoms with Crippen LogP contribution in [0.5, 0.6) is 0 Å². The summed E-state index contributed by atoms with van der Waals surface area (Å²) in [6.45, 7) is 0.117.